The third-order valence-corrected chi connectivity index (χ3v) is 5.95. The van der Waals surface area contributed by atoms with E-state index in [1.165, 1.54) is 11.8 Å². The number of carbonyl (C=O) groups excluding carboxylic acids is 2. The average Bonchev–Trinajstić information content (AvgIpc) is 3.15. The lowest BCUT2D eigenvalue weighted by atomic mass is 10.1. The van der Waals surface area contributed by atoms with Crippen molar-refractivity contribution < 1.29 is 9.59 Å². The van der Waals surface area contributed by atoms with E-state index < -0.39 is 0 Å². The number of amides is 2. The molecule has 3 rings (SSSR count). The monoisotopic (exact) mass is 469 g/mol. The first-order valence-corrected chi connectivity index (χ1v) is 11.3. The second-order valence-corrected chi connectivity index (χ2v) is 8.50. The van der Waals surface area contributed by atoms with Gasteiger partial charge in [-0.15, -0.1) is 16.8 Å². The van der Waals surface area contributed by atoms with Crippen molar-refractivity contribution in [3.63, 3.8) is 0 Å². The number of rotatable bonds is 9. The van der Waals surface area contributed by atoms with Gasteiger partial charge in [0.25, 0.3) is 5.91 Å². The zero-order chi connectivity index (χ0) is 23.1. The van der Waals surface area contributed by atoms with E-state index in [0.717, 1.165) is 11.1 Å². The summed E-state index contributed by atoms with van der Waals surface area (Å²) in [5.74, 6) is 0.361. The van der Waals surface area contributed by atoms with E-state index >= 15 is 0 Å². The van der Waals surface area contributed by atoms with Crippen molar-refractivity contribution in [2.24, 2.45) is 0 Å². The van der Waals surface area contributed by atoms with Crippen molar-refractivity contribution in [3.8, 4) is 0 Å². The van der Waals surface area contributed by atoms with E-state index in [4.69, 9.17) is 11.6 Å². The van der Waals surface area contributed by atoms with Gasteiger partial charge in [0.15, 0.2) is 11.0 Å². The van der Waals surface area contributed by atoms with Gasteiger partial charge in [-0.2, -0.15) is 0 Å². The molecule has 0 saturated heterocycles. The van der Waals surface area contributed by atoms with Crippen LogP contribution in [0.15, 0.2) is 60.3 Å². The molecule has 2 amide bonds. The molecule has 1 heterocycles. The fourth-order valence-corrected chi connectivity index (χ4v) is 3.86. The van der Waals surface area contributed by atoms with E-state index in [2.05, 4.69) is 27.4 Å². The number of allylic oxidation sites excluding steroid dienone is 1. The number of benzene rings is 2. The second kappa shape index (κ2) is 11.0. The molecule has 2 N–H and O–H groups in total. The van der Waals surface area contributed by atoms with Crippen LogP contribution in [0.3, 0.4) is 0 Å². The molecular weight excluding hydrogens is 446 g/mol. The number of nitrogens with zero attached hydrogens (tertiary/aromatic N) is 3. The molecule has 9 heteroatoms. The van der Waals surface area contributed by atoms with E-state index in [9.17, 15) is 9.59 Å². The van der Waals surface area contributed by atoms with Crippen LogP contribution >= 0.6 is 23.4 Å². The maximum atomic E-state index is 12.4. The maximum Gasteiger partial charge on any atom is 0.251 e. The van der Waals surface area contributed by atoms with Gasteiger partial charge in [0.2, 0.25) is 5.91 Å². The van der Waals surface area contributed by atoms with Crippen molar-refractivity contribution in [3.05, 3.63) is 82.7 Å². The number of thioether (sulfide) groups is 1. The largest absolute Gasteiger partial charge is 0.345 e. The lowest BCUT2D eigenvalue weighted by Gasteiger charge is -2.10. The Hall–Kier alpha value is -3.10. The smallest absolute Gasteiger partial charge is 0.251 e. The van der Waals surface area contributed by atoms with Crippen LogP contribution in [0, 0.1) is 13.8 Å². The normalized spacial score (nSPS) is 10.6. The summed E-state index contributed by atoms with van der Waals surface area (Å²) in [7, 11) is 0. The summed E-state index contributed by atoms with van der Waals surface area (Å²) >= 11 is 7.37. The first-order chi connectivity index (χ1) is 15.4. The molecule has 0 unspecified atom stereocenters. The van der Waals surface area contributed by atoms with E-state index in [1.807, 2.05) is 42.7 Å². The Morgan fingerprint density at radius 3 is 2.72 bits per heavy atom. The minimum atomic E-state index is -0.188. The van der Waals surface area contributed by atoms with Gasteiger partial charge >= 0.3 is 0 Å². The highest BCUT2D eigenvalue weighted by atomic mass is 35.5. The quantitative estimate of drug-likeness (QED) is 0.358. The number of nitrogens with one attached hydrogen (secondary N) is 2. The van der Waals surface area contributed by atoms with Gasteiger partial charge in [0.05, 0.1) is 12.3 Å². The zero-order valence-corrected chi connectivity index (χ0v) is 19.5. The summed E-state index contributed by atoms with van der Waals surface area (Å²) in [4.78, 5) is 24.8. The Labute approximate surface area is 196 Å². The van der Waals surface area contributed by atoms with Crippen LogP contribution in [-0.2, 0) is 17.9 Å². The van der Waals surface area contributed by atoms with E-state index in [1.54, 1.807) is 24.3 Å². The van der Waals surface area contributed by atoms with Gasteiger partial charge in [-0.1, -0.05) is 53.2 Å². The number of aromatic nitrogens is 3. The number of hydrogen-bond donors (Lipinski definition) is 2. The van der Waals surface area contributed by atoms with Crippen molar-refractivity contribution in [2.75, 3.05) is 11.1 Å². The van der Waals surface area contributed by atoms with E-state index in [-0.39, 0.29) is 24.1 Å². The first-order valence-electron chi connectivity index (χ1n) is 9.94. The van der Waals surface area contributed by atoms with Crippen LogP contribution in [0.5, 0.6) is 0 Å². The Morgan fingerprint density at radius 2 is 2.00 bits per heavy atom. The molecule has 0 saturated carbocycles. The van der Waals surface area contributed by atoms with Crippen molar-refractivity contribution in [1.29, 1.82) is 0 Å². The Kier molecular flexibility index (Phi) is 8.08. The van der Waals surface area contributed by atoms with Crippen LogP contribution in [0.1, 0.15) is 27.3 Å². The third-order valence-electron chi connectivity index (χ3n) is 4.58. The molecule has 166 valence electrons. The maximum absolute atomic E-state index is 12.4. The van der Waals surface area contributed by atoms with Gasteiger partial charge in [-0.05, 0) is 43.7 Å². The Morgan fingerprint density at radius 1 is 1.19 bits per heavy atom. The predicted octanol–water partition coefficient (Wildman–Crippen LogP) is 4.40. The average molecular weight is 470 g/mol. The van der Waals surface area contributed by atoms with Crippen molar-refractivity contribution >= 4 is 40.9 Å². The summed E-state index contributed by atoms with van der Waals surface area (Å²) in [6.07, 6.45) is 1.72. The van der Waals surface area contributed by atoms with Gasteiger partial charge in [-0.25, -0.2) is 0 Å². The highest BCUT2D eigenvalue weighted by Crippen LogP contribution is 2.21. The molecule has 0 fully saturated rings. The van der Waals surface area contributed by atoms with Gasteiger partial charge in [0, 0.05) is 22.8 Å². The number of carbonyl (C=O) groups is 2. The van der Waals surface area contributed by atoms with Gasteiger partial charge < -0.3 is 15.2 Å². The van der Waals surface area contributed by atoms with E-state index in [0.29, 0.717) is 33.8 Å². The molecule has 0 radical (unpaired) electrons. The van der Waals surface area contributed by atoms with Crippen LogP contribution in [0.2, 0.25) is 5.02 Å². The Bertz CT molecular complexity index is 1150. The first kappa shape index (κ1) is 23.6. The number of hydrogen-bond acceptors (Lipinski definition) is 5. The second-order valence-electron chi connectivity index (χ2n) is 7.15. The lowest BCUT2D eigenvalue weighted by Crippen LogP contribution is -2.25. The molecule has 0 aliphatic rings. The van der Waals surface area contributed by atoms with Crippen molar-refractivity contribution in [1.82, 2.24) is 20.1 Å². The molecule has 2 aromatic carbocycles. The lowest BCUT2D eigenvalue weighted by molar-refractivity contribution is -0.113. The summed E-state index contributed by atoms with van der Waals surface area (Å²) in [5, 5.41) is 15.2. The van der Waals surface area contributed by atoms with Crippen molar-refractivity contribution in [2.45, 2.75) is 32.1 Å². The zero-order valence-electron chi connectivity index (χ0n) is 17.9. The predicted molar refractivity (Wildman–Crippen MR) is 128 cm³/mol. The molecule has 0 aliphatic carbocycles. The summed E-state index contributed by atoms with van der Waals surface area (Å²) in [6.45, 7) is 8.28. The minimum absolute atomic E-state index is 0.149. The topological polar surface area (TPSA) is 88.9 Å². The van der Waals surface area contributed by atoms with Gasteiger partial charge in [-0.3, -0.25) is 9.59 Å². The molecule has 0 bridgehead atoms. The van der Waals surface area contributed by atoms with Crippen LogP contribution < -0.4 is 10.6 Å². The Balaban J connectivity index is 1.61. The molecule has 3 aromatic rings. The molecule has 32 heavy (non-hydrogen) atoms. The molecule has 7 nitrogen and oxygen atoms in total. The van der Waals surface area contributed by atoms with Crippen LogP contribution in [0.25, 0.3) is 0 Å². The number of halogens is 1. The molecule has 1 aromatic heterocycles. The fraction of sp³-hybridized carbons (Fsp3) is 0.217. The fourth-order valence-electron chi connectivity index (χ4n) is 2.91. The summed E-state index contributed by atoms with van der Waals surface area (Å²) in [5.41, 5.74) is 3.18. The summed E-state index contributed by atoms with van der Waals surface area (Å²) < 4.78 is 1.82. The van der Waals surface area contributed by atoms with Crippen LogP contribution in [0.4, 0.5) is 5.69 Å². The highest BCUT2D eigenvalue weighted by molar-refractivity contribution is 7.99. The minimum Gasteiger partial charge on any atom is -0.345 e. The molecule has 0 atom stereocenters. The van der Waals surface area contributed by atoms with Crippen LogP contribution in [-0.4, -0.2) is 32.3 Å². The number of anilines is 1. The highest BCUT2D eigenvalue weighted by Gasteiger charge is 2.15. The molecule has 0 aliphatic heterocycles. The van der Waals surface area contributed by atoms with Gasteiger partial charge in [0.1, 0.15) is 0 Å². The summed E-state index contributed by atoms with van der Waals surface area (Å²) in [6, 6.07) is 12.7. The number of aryl methyl sites for hydroxylation is 2. The standard InChI is InChI=1S/C23H24ClN5O2S/c1-4-10-29-20(13-25-22(31)17-7-5-6-15(2)11-17)27-28-23(29)32-14-21(30)26-18-9-8-16(3)19(24)12-18/h4-9,11-12H,1,10,13-14H2,2-3H3,(H,25,31)(H,26,30). The SMILES string of the molecule is C=CCn1c(CNC(=O)c2cccc(C)c2)nnc1SCC(=O)Nc1ccc(C)c(Cl)c1. The third kappa shape index (κ3) is 6.21. The molecular formula is C23H24ClN5O2S. The molecule has 0 spiro atoms.